The van der Waals surface area contributed by atoms with E-state index in [1.54, 1.807) is 0 Å². The summed E-state index contributed by atoms with van der Waals surface area (Å²) in [6.45, 7) is 0. The molecule has 2 fully saturated rings. The van der Waals surface area contributed by atoms with Crippen molar-refractivity contribution in [3.05, 3.63) is 0 Å². The summed E-state index contributed by atoms with van der Waals surface area (Å²) < 4.78 is 0. The summed E-state index contributed by atoms with van der Waals surface area (Å²) >= 11 is 0. The van der Waals surface area contributed by atoms with Gasteiger partial charge < -0.3 is 15.3 Å². The summed E-state index contributed by atoms with van der Waals surface area (Å²) in [6, 6.07) is 1.87. The number of hydrogen-bond donors (Lipinski definition) is 3. The smallest absolute Gasteiger partial charge is 0.335 e. The van der Waals surface area contributed by atoms with Gasteiger partial charge in [0.2, 0.25) is 0 Å². The molecule has 0 spiro atoms. The van der Waals surface area contributed by atoms with Gasteiger partial charge in [-0.2, -0.15) is 5.90 Å². The van der Waals surface area contributed by atoms with Crippen LogP contribution in [0.1, 0.15) is 32.1 Å². The summed E-state index contributed by atoms with van der Waals surface area (Å²) in [6.07, 6.45) is 5.08. The first-order chi connectivity index (χ1) is 7.11. The molecule has 0 atom stereocenters. The molecule has 2 saturated carbocycles. The molecule has 0 aromatic heterocycles. The van der Waals surface area contributed by atoms with Crippen LogP contribution in [0.25, 0.3) is 0 Å². The molecule has 4 N–H and O–H groups in total. The Morgan fingerprint density at radius 2 is 1.69 bits per heavy atom. The van der Waals surface area contributed by atoms with Crippen LogP contribution in [0, 0.1) is 0 Å². The molecule has 2 rings (SSSR count). The van der Waals surface area contributed by atoms with E-state index in [1.807, 2.05) is 0 Å². The van der Waals surface area contributed by atoms with E-state index in [9.17, 15) is 9.59 Å². The molecule has 0 aromatic carbocycles. The third kappa shape index (κ3) is 8.82. The summed E-state index contributed by atoms with van der Waals surface area (Å²) in [5, 5.41) is 11.4. The minimum Gasteiger partial charge on any atom is -0.481 e. The Kier molecular flexibility index (Phi) is 7.54. The summed E-state index contributed by atoms with van der Waals surface area (Å²) in [5.41, 5.74) is 0. The average molecular weight is 411 g/mol. The van der Waals surface area contributed by atoms with Crippen molar-refractivity contribution in [1.29, 1.82) is 0 Å². The predicted octanol–water partition coefficient (Wildman–Crippen LogP) is -0.224. The van der Waals surface area contributed by atoms with Crippen molar-refractivity contribution in [3.8, 4) is 0 Å². The zero-order valence-electron chi connectivity index (χ0n) is 8.76. The van der Waals surface area contributed by atoms with Gasteiger partial charge in [-0.1, -0.05) is 0 Å². The van der Waals surface area contributed by atoms with Gasteiger partial charge in [-0.25, -0.2) is 4.79 Å². The Bertz CT molecular complexity index is 232. The van der Waals surface area contributed by atoms with Gasteiger partial charge in [0.1, 0.15) is 6.42 Å². The molecule has 0 bridgehead atoms. The molecule has 0 radical (unpaired) electrons. The van der Waals surface area contributed by atoms with Crippen LogP contribution >= 0.6 is 0 Å². The van der Waals surface area contributed by atoms with Crippen molar-refractivity contribution >= 4 is 11.9 Å². The molecule has 0 saturated heterocycles. The van der Waals surface area contributed by atoms with Crippen molar-refractivity contribution in [1.82, 2.24) is 5.32 Å². The zero-order valence-corrected chi connectivity index (χ0v) is 11.0. The van der Waals surface area contributed by atoms with Crippen molar-refractivity contribution in [2.45, 2.75) is 44.2 Å². The number of rotatable bonds is 4. The van der Waals surface area contributed by atoms with Crippen LogP contribution in [0.5, 0.6) is 0 Å². The number of nitrogens with one attached hydrogen (secondary N) is 1. The van der Waals surface area contributed by atoms with Crippen LogP contribution in [0.4, 0.5) is 0 Å². The quantitative estimate of drug-likeness (QED) is 0.437. The number of carboxylic acids is 1. The Hall–Kier alpha value is -0.452. The third-order valence-electron chi connectivity index (χ3n) is 2.05. The second kappa shape index (κ2) is 7.76. The largest absolute Gasteiger partial charge is 0.481 e. The normalized spacial score (nSPS) is 17.6. The Morgan fingerprint density at radius 3 is 1.88 bits per heavy atom. The Morgan fingerprint density at radius 1 is 1.25 bits per heavy atom. The summed E-state index contributed by atoms with van der Waals surface area (Å²) in [4.78, 5) is 23.0. The van der Waals surface area contributed by atoms with Gasteiger partial charge in [0, 0.05) is 33.1 Å². The van der Waals surface area contributed by atoms with E-state index in [-0.39, 0.29) is 21.1 Å². The molecule has 0 aliphatic heterocycles. The van der Waals surface area contributed by atoms with Gasteiger partial charge in [0.25, 0.3) is 0 Å². The van der Waals surface area contributed by atoms with Crippen LogP contribution in [0.3, 0.4) is 0 Å². The van der Waals surface area contributed by atoms with Crippen molar-refractivity contribution < 1.29 is 40.6 Å². The van der Waals surface area contributed by atoms with Crippen molar-refractivity contribution in [2.75, 3.05) is 0 Å². The van der Waals surface area contributed by atoms with E-state index >= 15 is 0 Å². The van der Waals surface area contributed by atoms with Gasteiger partial charge in [0.05, 0.1) is 0 Å². The predicted molar refractivity (Wildman–Crippen MR) is 51.7 cm³/mol. The number of carboxylic acid groups (broad SMARTS) is 1. The molecule has 0 unspecified atom stereocenters. The first-order valence-electron chi connectivity index (χ1n) is 4.99. The molecule has 2 aliphatic carbocycles. The maximum Gasteiger partial charge on any atom is 0.335 e. The van der Waals surface area contributed by atoms with Gasteiger partial charge in [-0.05, 0) is 25.7 Å². The standard InChI is InChI=1S/C6H11N.C3H5NO4.Pt/c1-2-5(1)7-6-3-4-6;4-8-3(7)1-2(5)6;/h5-7H,1-4H2;1,4H2,(H,5,6);. The van der Waals surface area contributed by atoms with E-state index in [1.165, 1.54) is 25.7 Å². The number of nitrogens with two attached hydrogens (primary N) is 1. The molecule has 0 heterocycles. The average Bonchev–Trinajstić information content (AvgIpc) is 3.01. The summed E-state index contributed by atoms with van der Waals surface area (Å²) in [7, 11) is 0. The second-order valence-electron chi connectivity index (χ2n) is 3.78. The molecule has 16 heavy (non-hydrogen) atoms. The van der Waals surface area contributed by atoms with E-state index < -0.39 is 18.4 Å². The minimum atomic E-state index is -1.25. The van der Waals surface area contributed by atoms with Crippen LogP contribution < -0.4 is 11.2 Å². The second-order valence-corrected chi connectivity index (χ2v) is 3.78. The topological polar surface area (TPSA) is 102 Å². The van der Waals surface area contributed by atoms with E-state index in [0.717, 1.165) is 12.1 Å². The third-order valence-corrected chi connectivity index (χ3v) is 2.05. The van der Waals surface area contributed by atoms with Gasteiger partial charge >= 0.3 is 11.9 Å². The first kappa shape index (κ1) is 15.5. The zero-order chi connectivity index (χ0) is 11.3. The molecule has 6 nitrogen and oxygen atoms in total. The summed E-state index contributed by atoms with van der Waals surface area (Å²) in [5.74, 6) is 2.11. The molecular weight excluding hydrogens is 395 g/mol. The van der Waals surface area contributed by atoms with Crippen molar-refractivity contribution in [2.24, 2.45) is 5.90 Å². The maximum atomic E-state index is 9.89. The monoisotopic (exact) mass is 411 g/mol. The molecule has 96 valence electrons. The fourth-order valence-electron chi connectivity index (χ4n) is 0.998. The Labute approximate surface area is 108 Å². The van der Waals surface area contributed by atoms with Crippen LogP contribution in [-0.4, -0.2) is 29.1 Å². The SMILES string of the molecule is C1CC1NC1CC1.NOC(=O)CC(=O)O.[Pt]. The maximum absolute atomic E-state index is 9.89. The fourth-order valence-corrected chi connectivity index (χ4v) is 0.998. The molecule has 7 heteroatoms. The van der Waals surface area contributed by atoms with Crippen LogP contribution in [0.15, 0.2) is 0 Å². The molecule has 0 amide bonds. The van der Waals surface area contributed by atoms with Crippen molar-refractivity contribution in [3.63, 3.8) is 0 Å². The van der Waals surface area contributed by atoms with Crippen LogP contribution in [-0.2, 0) is 35.5 Å². The fraction of sp³-hybridized carbons (Fsp3) is 0.778. The number of aliphatic carboxylic acids is 1. The number of carbonyl (C=O) groups excluding carboxylic acids is 1. The van der Waals surface area contributed by atoms with Gasteiger partial charge in [-0.3, -0.25) is 4.79 Å². The van der Waals surface area contributed by atoms with E-state index in [2.05, 4.69) is 16.1 Å². The van der Waals surface area contributed by atoms with Crippen LogP contribution in [0.2, 0.25) is 0 Å². The minimum absolute atomic E-state index is 0. The first-order valence-corrected chi connectivity index (χ1v) is 4.99. The van der Waals surface area contributed by atoms with E-state index in [4.69, 9.17) is 5.11 Å². The number of hydrogen-bond acceptors (Lipinski definition) is 5. The molecule has 2 aliphatic rings. The molecular formula is C9H16N2O4Pt. The molecule has 0 aromatic rings. The Balaban J connectivity index is 0.000000265. The van der Waals surface area contributed by atoms with E-state index in [0.29, 0.717) is 0 Å². The van der Waals surface area contributed by atoms with Gasteiger partial charge in [-0.15, -0.1) is 0 Å². The van der Waals surface area contributed by atoms with Gasteiger partial charge in [0.15, 0.2) is 0 Å². The number of carbonyl (C=O) groups is 2.